The molecular weight excluding hydrogens is 737 g/mol. The van der Waals surface area contributed by atoms with Crippen molar-refractivity contribution in [1.29, 1.82) is 0 Å². The van der Waals surface area contributed by atoms with Crippen molar-refractivity contribution >= 4 is 11.0 Å². The van der Waals surface area contributed by atoms with Crippen LogP contribution in [0, 0.1) is 0 Å². The zero-order valence-electron chi connectivity index (χ0n) is 33.2. The molecule has 8 aromatic rings. The van der Waals surface area contributed by atoms with Crippen LogP contribution in [-0.4, -0.2) is 0 Å². The van der Waals surface area contributed by atoms with Crippen LogP contribution in [0.2, 0.25) is 0 Å². The first kappa shape index (κ1) is 40.0. The van der Waals surface area contributed by atoms with Gasteiger partial charge < -0.3 is 28.1 Å². The fourth-order valence-electron chi connectivity index (χ4n) is 6.32. The second kappa shape index (κ2) is 20.3. The Morgan fingerprint density at radius 3 is 1.29 bits per heavy atom. The van der Waals surface area contributed by atoms with Gasteiger partial charge in [-0.1, -0.05) is 166 Å². The Kier molecular flexibility index (Phi) is 13.7. The van der Waals surface area contributed by atoms with Gasteiger partial charge in [-0.25, -0.2) is 0 Å². The molecule has 7 nitrogen and oxygen atoms in total. The highest BCUT2D eigenvalue weighted by Gasteiger charge is 2.24. The summed E-state index contributed by atoms with van der Waals surface area (Å²) in [5.74, 6) is 2.11. The molecule has 1 aromatic heterocycles. The third-order valence-corrected chi connectivity index (χ3v) is 9.28. The van der Waals surface area contributed by atoms with Crippen LogP contribution in [0.1, 0.15) is 41.7 Å². The summed E-state index contributed by atoms with van der Waals surface area (Å²) in [6, 6.07) is 58.2. The number of hydrogen-bond acceptors (Lipinski definition) is 7. The van der Waals surface area contributed by atoms with Crippen molar-refractivity contribution in [3.63, 3.8) is 0 Å². The van der Waals surface area contributed by atoms with Crippen LogP contribution < -0.4 is 29.1 Å². The van der Waals surface area contributed by atoms with E-state index in [4.69, 9.17) is 28.1 Å². The van der Waals surface area contributed by atoms with Gasteiger partial charge in [0.05, 0.1) is 0 Å². The van der Waals surface area contributed by atoms with Crippen LogP contribution >= 0.6 is 0 Å². The molecule has 296 valence electrons. The van der Waals surface area contributed by atoms with Crippen molar-refractivity contribution in [2.24, 2.45) is 0 Å². The summed E-state index contributed by atoms with van der Waals surface area (Å²) in [6.07, 6.45) is 0. The molecule has 8 rings (SSSR count). The molecule has 0 aliphatic heterocycles. The van der Waals surface area contributed by atoms with E-state index in [1.807, 2.05) is 184 Å². The van der Waals surface area contributed by atoms with Gasteiger partial charge in [0.1, 0.15) is 55.5 Å². The molecular formula is C52H46O7. The molecule has 0 N–H and O–H groups in total. The fourth-order valence-corrected chi connectivity index (χ4v) is 6.32. The first-order valence-electron chi connectivity index (χ1n) is 19.8. The van der Waals surface area contributed by atoms with E-state index in [0.29, 0.717) is 48.4 Å². The summed E-state index contributed by atoms with van der Waals surface area (Å²) in [5, 5.41) is 0.244. The van der Waals surface area contributed by atoms with Gasteiger partial charge in [0.2, 0.25) is 11.2 Å². The summed E-state index contributed by atoms with van der Waals surface area (Å²) < 4.78 is 38.5. The molecule has 0 saturated carbocycles. The van der Waals surface area contributed by atoms with Crippen molar-refractivity contribution in [1.82, 2.24) is 0 Å². The predicted octanol–water partition coefficient (Wildman–Crippen LogP) is 12.4. The standard InChI is InChI=1S/C50H40O7.C2H6/c51-48-47-45(55-34-39-22-12-4-13-23-39)29-42(52-31-36-16-6-1-7-17-36)30-46(47)57-49(50(48)56-35-40-24-14-5-15-25-40)41-26-27-43(53-32-37-18-8-2-9-19-37)44(28-41)54-33-38-20-10-3-11-21-38;1-2/h1-30H,31-35H2;1-2H3. The van der Waals surface area contributed by atoms with Crippen LogP contribution in [0.15, 0.2) is 191 Å². The van der Waals surface area contributed by atoms with E-state index in [1.54, 1.807) is 12.1 Å². The van der Waals surface area contributed by atoms with Crippen molar-refractivity contribution < 1.29 is 28.1 Å². The highest BCUT2D eigenvalue weighted by Crippen LogP contribution is 2.40. The number of benzene rings is 7. The van der Waals surface area contributed by atoms with E-state index < -0.39 is 0 Å². The summed E-state index contributed by atoms with van der Waals surface area (Å²) in [5.41, 5.74) is 5.31. The van der Waals surface area contributed by atoms with Crippen molar-refractivity contribution in [2.45, 2.75) is 46.9 Å². The summed E-state index contributed by atoms with van der Waals surface area (Å²) in [4.78, 5) is 14.8. The minimum absolute atomic E-state index is 0.0424. The maximum Gasteiger partial charge on any atom is 0.239 e. The molecule has 59 heavy (non-hydrogen) atoms. The van der Waals surface area contributed by atoms with Gasteiger partial charge in [0.15, 0.2) is 17.3 Å². The Morgan fingerprint density at radius 2 is 0.814 bits per heavy atom. The smallest absolute Gasteiger partial charge is 0.239 e. The normalized spacial score (nSPS) is 10.6. The molecule has 0 unspecified atom stereocenters. The Balaban J connectivity index is 0.00000260. The topological polar surface area (TPSA) is 76.4 Å². The third kappa shape index (κ3) is 10.6. The van der Waals surface area contributed by atoms with E-state index >= 15 is 0 Å². The summed E-state index contributed by atoms with van der Waals surface area (Å²) in [7, 11) is 0. The molecule has 0 radical (unpaired) electrons. The maximum atomic E-state index is 14.8. The molecule has 0 saturated heterocycles. The van der Waals surface area contributed by atoms with E-state index in [0.717, 1.165) is 27.8 Å². The van der Waals surface area contributed by atoms with Crippen LogP contribution in [0.5, 0.6) is 28.7 Å². The predicted molar refractivity (Wildman–Crippen MR) is 233 cm³/mol. The number of fused-ring (bicyclic) bond motifs is 1. The average Bonchev–Trinajstić information content (AvgIpc) is 3.30. The van der Waals surface area contributed by atoms with E-state index in [9.17, 15) is 4.79 Å². The zero-order valence-corrected chi connectivity index (χ0v) is 33.2. The van der Waals surface area contributed by atoms with Gasteiger partial charge in [-0.3, -0.25) is 4.79 Å². The first-order chi connectivity index (χ1) is 29.2. The lowest BCUT2D eigenvalue weighted by molar-refractivity contribution is 0.256. The van der Waals surface area contributed by atoms with Gasteiger partial charge in [0, 0.05) is 17.7 Å². The van der Waals surface area contributed by atoms with E-state index in [1.165, 1.54) is 0 Å². The third-order valence-electron chi connectivity index (χ3n) is 9.28. The molecule has 0 fully saturated rings. The van der Waals surface area contributed by atoms with Gasteiger partial charge in [0.25, 0.3) is 0 Å². The SMILES string of the molecule is CC.O=c1c(OCc2ccccc2)c(-c2ccc(OCc3ccccc3)c(OCc3ccccc3)c2)oc2cc(OCc3ccccc3)cc(OCc3ccccc3)c12. The van der Waals surface area contributed by atoms with Gasteiger partial charge in [-0.05, 0) is 46.0 Å². The number of hydrogen-bond donors (Lipinski definition) is 0. The molecule has 0 bridgehead atoms. The molecule has 0 amide bonds. The molecule has 0 atom stereocenters. The highest BCUT2D eigenvalue weighted by molar-refractivity contribution is 5.89. The minimum Gasteiger partial charge on any atom is -0.489 e. The van der Waals surface area contributed by atoms with Gasteiger partial charge >= 0.3 is 0 Å². The van der Waals surface area contributed by atoms with Crippen LogP contribution in [-0.2, 0) is 33.0 Å². The van der Waals surface area contributed by atoms with Crippen LogP contribution in [0.25, 0.3) is 22.3 Å². The van der Waals surface area contributed by atoms with Crippen LogP contribution in [0.4, 0.5) is 0 Å². The fraction of sp³-hybridized carbons (Fsp3) is 0.135. The Labute approximate surface area is 345 Å². The Bertz CT molecular complexity index is 2580. The molecule has 0 aliphatic carbocycles. The lowest BCUT2D eigenvalue weighted by atomic mass is 10.1. The van der Waals surface area contributed by atoms with E-state index in [2.05, 4.69) is 0 Å². The number of rotatable bonds is 16. The highest BCUT2D eigenvalue weighted by atomic mass is 16.5. The van der Waals surface area contributed by atoms with Crippen LogP contribution in [0.3, 0.4) is 0 Å². The summed E-state index contributed by atoms with van der Waals surface area (Å²) in [6.45, 7) is 5.32. The molecule has 7 heteroatoms. The second-order valence-corrected chi connectivity index (χ2v) is 13.4. The molecule has 1 heterocycles. The first-order valence-corrected chi connectivity index (χ1v) is 19.8. The molecule has 0 spiro atoms. The molecule has 0 aliphatic rings. The van der Waals surface area contributed by atoms with Gasteiger partial charge in [-0.15, -0.1) is 0 Å². The zero-order chi connectivity index (χ0) is 40.7. The summed E-state index contributed by atoms with van der Waals surface area (Å²) >= 11 is 0. The van der Waals surface area contributed by atoms with Crippen molar-refractivity contribution in [2.75, 3.05) is 0 Å². The van der Waals surface area contributed by atoms with E-state index in [-0.39, 0.29) is 41.1 Å². The lowest BCUT2D eigenvalue weighted by Crippen LogP contribution is -2.12. The molecule has 7 aromatic carbocycles. The largest absolute Gasteiger partial charge is 0.489 e. The Hall–Kier alpha value is -7.25. The van der Waals surface area contributed by atoms with Crippen molar-refractivity contribution in [3.8, 4) is 40.1 Å². The number of ether oxygens (including phenoxy) is 5. The van der Waals surface area contributed by atoms with Crippen molar-refractivity contribution in [3.05, 3.63) is 220 Å². The Morgan fingerprint density at radius 1 is 0.407 bits per heavy atom. The quantitative estimate of drug-likeness (QED) is 0.0966. The average molecular weight is 783 g/mol. The minimum atomic E-state index is -0.379. The lowest BCUT2D eigenvalue weighted by Gasteiger charge is -2.17. The maximum absolute atomic E-state index is 14.8. The second-order valence-electron chi connectivity index (χ2n) is 13.4. The monoisotopic (exact) mass is 782 g/mol. The van der Waals surface area contributed by atoms with Gasteiger partial charge in [-0.2, -0.15) is 0 Å².